The van der Waals surface area contributed by atoms with E-state index in [1.807, 2.05) is 13.8 Å². The van der Waals surface area contributed by atoms with Crippen LogP contribution in [0.3, 0.4) is 0 Å². The second kappa shape index (κ2) is 14.5. The number of hydrogen-bond acceptors (Lipinski definition) is 5. The van der Waals surface area contributed by atoms with Gasteiger partial charge < -0.3 is 30.0 Å². The van der Waals surface area contributed by atoms with Gasteiger partial charge >= 0.3 is 0 Å². The van der Waals surface area contributed by atoms with E-state index < -0.39 is 6.10 Å². The molecule has 3 atom stereocenters. The van der Waals surface area contributed by atoms with Crippen molar-refractivity contribution in [2.75, 3.05) is 39.5 Å². The largest absolute Gasteiger partial charge is 0.489 e. The molecule has 0 aliphatic carbocycles. The van der Waals surface area contributed by atoms with E-state index in [0.29, 0.717) is 41.5 Å². The minimum absolute atomic E-state index is 0. The van der Waals surface area contributed by atoms with Crippen molar-refractivity contribution in [1.29, 1.82) is 0 Å². The first-order valence-electron chi connectivity index (χ1n) is 9.48. The van der Waals surface area contributed by atoms with Crippen LogP contribution in [0.2, 0.25) is 10.0 Å². The number of aliphatic hydroxyl groups is 1. The fraction of sp³-hybridized carbons (Fsp3) is 0.632. The lowest BCUT2D eigenvalue weighted by Gasteiger charge is -2.20. The predicted molar refractivity (Wildman–Crippen MR) is 127 cm³/mol. The van der Waals surface area contributed by atoms with Gasteiger partial charge in [-0.05, 0) is 32.4 Å². The first-order chi connectivity index (χ1) is 13.5. The van der Waals surface area contributed by atoms with Crippen molar-refractivity contribution in [2.45, 2.75) is 38.5 Å². The SMILES string of the molecule is CCNC(=NCC(O)COc1cccc(Cl)c1Cl)NC(C)COC1CCOC1.I. The molecular formula is C19H30Cl2IN3O4. The zero-order valence-corrected chi connectivity index (χ0v) is 20.5. The maximum Gasteiger partial charge on any atom is 0.191 e. The lowest BCUT2D eigenvalue weighted by Crippen LogP contribution is -2.45. The first-order valence-corrected chi connectivity index (χ1v) is 10.2. The first kappa shape index (κ1) is 26.5. The number of rotatable bonds is 10. The molecule has 0 radical (unpaired) electrons. The Kier molecular flexibility index (Phi) is 13.2. The summed E-state index contributed by atoms with van der Waals surface area (Å²) in [5, 5.41) is 17.3. The average Bonchev–Trinajstić information content (AvgIpc) is 3.19. The van der Waals surface area contributed by atoms with E-state index in [4.69, 9.17) is 37.4 Å². The second-order valence-electron chi connectivity index (χ2n) is 6.60. The number of benzene rings is 1. The van der Waals surface area contributed by atoms with E-state index >= 15 is 0 Å². The summed E-state index contributed by atoms with van der Waals surface area (Å²) >= 11 is 12.0. The van der Waals surface area contributed by atoms with E-state index in [9.17, 15) is 5.11 Å². The van der Waals surface area contributed by atoms with Crippen LogP contribution < -0.4 is 15.4 Å². The zero-order valence-electron chi connectivity index (χ0n) is 16.7. The van der Waals surface area contributed by atoms with Crippen LogP contribution in [-0.2, 0) is 9.47 Å². The quantitative estimate of drug-likeness (QED) is 0.231. The van der Waals surface area contributed by atoms with Gasteiger partial charge in [0.25, 0.3) is 0 Å². The number of aliphatic hydroxyl groups excluding tert-OH is 1. The highest BCUT2D eigenvalue weighted by molar-refractivity contribution is 14.0. The number of guanidine groups is 1. The van der Waals surface area contributed by atoms with Crippen LogP contribution >= 0.6 is 47.2 Å². The molecule has 3 N–H and O–H groups in total. The Hall–Kier alpha value is -0.520. The smallest absolute Gasteiger partial charge is 0.191 e. The van der Waals surface area contributed by atoms with Crippen LogP contribution in [-0.4, -0.2) is 68.8 Å². The molecule has 1 saturated heterocycles. The van der Waals surface area contributed by atoms with E-state index in [0.717, 1.165) is 13.0 Å². The van der Waals surface area contributed by atoms with Gasteiger partial charge in [0.05, 0.1) is 30.9 Å². The highest BCUT2D eigenvalue weighted by Gasteiger charge is 2.17. The summed E-state index contributed by atoms with van der Waals surface area (Å²) in [4.78, 5) is 4.41. The Bertz CT molecular complexity index is 633. The van der Waals surface area contributed by atoms with E-state index in [-0.39, 0.29) is 49.3 Å². The number of aliphatic imine (C=N–C) groups is 1. The molecule has 1 fully saturated rings. The Morgan fingerprint density at radius 1 is 1.38 bits per heavy atom. The molecule has 0 amide bonds. The standard InChI is InChI=1S/C19H29Cl2N3O4.HI/c1-3-22-19(24-13(2)10-27-15-7-8-26-12-15)23-9-14(25)11-28-17-6-4-5-16(20)18(17)21;/h4-6,13-15,25H,3,7-12H2,1-2H3,(H2,22,23,24);1H. The summed E-state index contributed by atoms with van der Waals surface area (Å²) in [6, 6.07) is 5.18. The van der Waals surface area contributed by atoms with Gasteiger partial charge in [-0.2, -0.15) is 0 Å². The molecule has 7 nitrogen and oxygen atoms in total. The molecular weight excluding hydrogens is 532 g/mol. The van der Waals surface area contributed by atoms with Crippen molar-refractivity contribution >= 4 is 53.1 Å². The van der Waals surface area contributed by atoms with Gasteiger partial charge in [-0.1, -0.05) is 29.3 Å². The summed E-state index contributed by atoms with van der Waals surface area (Å²) in [6.07, 6.45) is 0.317. The molecule has 1 heterocycles. The van der Waals surface area contributed by atoms with Crippen LogP contribution in [0.4, 0.5) is 0 Å². The average molecular weight is 562 g/mol. The van der Waals surface area contributed by atoms with E-state index in [2.05, 4.69) is 15.6 Å². The highest BCUT2D eigenvalue weighted by atomic mass is 127. The molecule has 0 bridgehead atoms. The summed E-state index contributed by atoms with van der Waals surface area (Å²) in [6.45, 7) is 6.91. The molecule has 1 aliphatic rings. The number of hydrogen-bond donors (Lipinski definition) is 3. The van der Waals surface area contributed by atoms with Gasteiger partial charge in [-0.15, -0.1) is 24.0 Å². The van der Waals surface area contributed by atoms with Gasteiger partial charge in [0, 0.05) is 19.2 Å². The van der Waals surface area contributed by atoms with Gasteiger partial charge in [-0.3, -0.25) is 4.99 Å². The van der Waals surface area contributed by atoms with Gasteiger partial charge in [0.1, 0.15) is 23.5 Å². The molecule has 0 aromatic heterocycles. The van der Waals surface area contributed by atoms with Crippen molar-refractivity contribution < 1.29 is 19.3 Å². The summed E-state index contributed by atoms with van der Waals surface area (Å²) in [5.74, 6) is 1.05. The molecule has 1 aromatic rings. The maximum absolute atomic E-state index is 10.2. The second-order valence-corrected chi connectivity index (χ2v) is 7.39. The van der Waals surface area contributed by atoms with Crippen molar-refractivity contribution in [3.05, 3.63) is 28.2 Å². The van der Waals surface area contributed by atoms with Gasteiger partial charge in [0.15, 0.2) is 5.96 Å². The third-order valence-corrected chi connectivity index (χ3v) is 4.81. The lowest BCUT2D eigenvalue weighted by molar-refractivity contribution is 0.0347. The fourth-order valence-electron chi connectivity index (χ4n) is 2.55. The Labute approximate surface area is 199 Å². The molecule has 2 rings (SSSR count). The van der Waals surface area contributed by atoms with Crippen molar-refractivity contribution in [3.63, 3.8) is 0 Å². The molecule has 166 valence electrons. The Morgan fingerprint density at radius 3 is 2.86 bits per heavy atom. The molecule has 29 heavy (non-hydrogen) atoms. The predicted octanol–water partition coefficient (Wildman–Crippen LogP) is 3.10. The normalized spacial score (nSPS) is 18.7. The van der Waals surface area contributed by atoms with E-state index in [1.54, 1.807) is 18.2 Å². The van der Waals surface area contributed by atoms with Crippen LogP contribution in [0, 0.1) is 0 Å². The third kappa shape index (κ3) is 9.89. The van der Waals surface area contributed by atoms with Gasteiger partial charge in [0.2, 0.25) is 0 Å². The zero-order chi connectivity index (χ0) is 20.4. The van der Waals surface area contributed by atoms with Crippen molar-refractivity contribution in [3.8, 4) is 5.75 Å². The molecule has 3 unspecified atom stereocenters. The molecule has 1 aromatic carbocycles. The molecule has 0 saturated carbocycles. The monoisotopic (exact) mass is 561 g/mol. The fourth-order valence-corrected chi connectivity index (χ4v) is 2.90. The Morgan fingerprint density at radius 2 is 2.17 bits per heavy atom. The summed E-state index contributed by atoms with van der Waals surface area (Å²) in [7, 11) is 0. The summed E-state index contributed by atoms with van der Waals surface area (Å²) < 4.78 is 16.7. The number of nitrogens with one attached hydrogen (secondary N) is 2. The molecule has 10 heteroatoms. The number of ether oxygens (including phenoxy) is 3. The minimum atomic E-state index is -0.785. The highest BCUT2D eigenvalue weighted by Crippen LogP contribution is 2.31. The van der Waals surface area contributed by atoms with Crippen LogP contribution in [0.1, 0.15) is 20.3 Å². The van der Waals surface area contributed by atoms with Crippen molar-refractivity contribution in [2.24, 2.45) is 4.99 Å². The summed E-state index contributed by atoms with van der Waals surface area (Å²) in [5.41, 5.74) is 0. The molecule has 1 aliphatic heterocycles. The number of halogens is 3. The lowest BCUT2D eigenvalue weighted by atomic mass is 10.3. The van der Waals surface area contributed by atoms with Crippen LogP contribution in [0.25, 0.3) is 0 Å². The van der Waals surface area contributed by atoms with Crippen LogP contribution in [0.5, 0.6) is 5.75 Å². The topological polar surface area (TPSA) is 84.3 Å². The minimum Gasteiger partial charge on any atom is -0.489 e. The third-order valence-electron chi connectivity index (χ3n) is 4.00. The maximum atomic E-state index is 10.2. The van der Waals surface area contributed by atoms with Crippen molar-refractivity contribution in [1.82, 2.24) is 10.6 Å². The Balaban J connectivity index is 0.00000420. The number of nitrogens with zero attached hydrogens (tertiary/aromatic N) is 1. The van der Waals surface area contributed by atoms with Crippen LogP contribution in [0.15, 0.2) is 23.2 Å². The van der Waals surface area contributed by atoms with Gasteiger partial charge in [-0.25, -0.2) is 0 Å². The van der Waals surface area contributed by atoms with E-state index in [1.165, 1.54) is 0 Å². The molecule has 0 spiro atoms.